The fourth-order valence-electron chi connectivity index (χ4n) is 0.848. The molecule has 1 aromatic rings. The van der Waals surface area contributed by atoms with Gasteiger partial charge in [-0.1, -0.05) is 18.2 Å². The Balaban J connectivity index is 3.02. The van der Waals surface area contributed by atoms with Gasteiger partial charge in [-0.25, -0.2) is 8.42 Å². The van der Waals surface area contributed by atoms with Crippen LogP contribution in [0.25, 0.3) is 0 Å². The van der Waals surface area contributed by atoms with Crippen molar-refractivity contribution in [2.75, 3.05) is 5.49 Å². The van der Waals surface area contributed by atoms with E-state index in [2.05, 4.69) is 0 Å². The van der Waals surface area contributed by atoms with Crippen molar-refractivity contribution in [2.45, 2.75) is 4.90 Å². The van der Waals surface area contributed by atoms with Crippen molar-refractivity contribution >= 4 is 17.9 Å². The second-order valence-electron chi connectivity index (χ2n) is 2.41. The first kappa shape index (κ1) is 10.3. The van der Waals surface area contributed by atoms with Gasteiger partial charge in [0.15, 0.2) is 0 Å². The Morgan fingerprint density at radius 3 is 2.23 bits per heavy atom. The molecule has 1 rings (SSSR count). The van der Waals surface area contributed by atoms with Crippen LogP contribution in [0.15, 0.2) is 35.2 Å². The SMILES string of the molecule is O=[P+](O)CS(=O)(=O)c1ccccc1. The predicted molar refractivity (Wildman–Crippen MR) is 48.3 cm³/mol. The Hall–Kier alpha value is -0.770. The Morgan fingerprint density at radius 1 is 1.23 bits per heavy atom. The van der Waals surface area contributed by atoms with Gasteiger partial charge in [0, 0.05) is 0 Å². The molecule has 13 heavy (non-hydrogen) atoms. The summed E-state index contributed by atoms with van der Waals surface area (Å²) in [5, 5.41) is 0. The van der Waals surface area contributed by atoms with Crippen LogP contribution in [0.5, 0.6) is 0 Å². The highest BCUT2D eigenvalue weighted by Gasteiger charge is 2.26. The van der Waals surface area contributed by atoms with Gasteiger partial charge in [0.05, 0.1) is 4.90 Å². The van der Waals surface area contributed by atoms with E-state index in [-0.39, 0.29) is 4.90 Å². The fourth-order valence-corrected chi connectivity index (χ4v) is 3.18. The molecule has 0 aliphatic heterocycles. The van der Waals surface area contributed by atoms with E-state index >= 15 is 0 Å². The summed E-state index contributed by atoms with van der Waals surface area (Å²) in [7, 11) is -6.24. The lowest BCUT2D eigenvalue weighted by Crippen LogP contribution is -2.03. The van der Waals surface area contributed by atoms with Gasteiger partial charge in [-0.15, -0.1) is 0 Å². The van der Waals surface area contributed by atoms with Crippen molar-refractivity contribution in [1.82, 2.24) is 0 Å². The molecule has 1 atom stereocenters. The van der Waals surface area contributed by atoms with Gasteiger partial charge in [0.25, 0.3) is 5.49 Å². The van der Waals surface area contributed by atoms with Crippen LogP contribution in [0.4, 0.5) is 0 Å². The van der Waals surface area contributed by atoms with Gasteiger partial charge < -0.3 is 0 Å². The first-order valence-electron chi connectivity index (χ1n) is 3.44. The van der Waals surface area contributed by atoms with Gasteiger partial charge in [-0.05, 0) is 16.7 Å². The Bertz CT molecular complexity index is 398. The van der Waals surface area contributed by atoms with Gasteiger partial charge >= 0.3 is 8.03 Å². The largest absolute Gasteiger partial charge is 0.522 e. The molecule has 1 unspecified atom stereocenters. The summed E-state index contributed by atoms with van der Waals surface area (Å²) < 4.78 is 33.0. The zero-order valence-electron chi connectivity index (χ0n) is 6.62. The summed E-state index contributed by atoms with van der Waals surface area (Å²) in [5.74, 6) is 0. The topological polar surface area (TPSA) is 71.4 Å². The Labute approximate surface area is 77.0 Å². The van der Waals surface area contributed by atoms with E-state index in [1.807, 2.05) is 0 Å². The number of hydrogen-bond acceptors (Lipinski definition) is 3. The van der Waals surface area contributed by atoms with Crippen molar-refractivity contribution in [3.05, 3.63) is 30.3 Å². The zero-order valence-corrected chi connectivity index (χ0v) is 8.33. The van der Waals surface area contributed by atoms with Crippen LogP contribution in [-0.2, 0) is 14.4 Å². The molecule has 1 aromatic carbocycles. The maximum atomic E-state index is 11.3. The molecule has 0 amide bonds. The van der Waals surface area contributed by atoms with E-state index in [0.29, 0.717) is 0 Å². The van der Waals surface area contributed by atoms with Gasteiger partial charge in [-0.3, -0.25) is 0 Å². The molecule has 0 aliphatic carbocycles. The predicted octanol–water partition coefficient (Wildman–Crippen LogP) is 1.15. The molecule has 1 N–H and O–H groups in total. The summed E-state index contributed by atoms with van der Waals surface area (Å²) in [4.78, 5) is 8.56. The van der Waals surface area contributed by atoms with Crippen molar-refractivity contribution in [1.29, 1.82) is 0 Å². The van der Waals surface area contributed by atoms with Crippen molar-refractivity contribution in [3.8, 4) is 0 Å². The second-order valence-corrected chi connectivity index (χ2v) is 5.85. The third kappa shape index (κ3) is 2.88. The standard InChI is InChI=1S/C7H7O4PS/c8-12(9)6-13(10,11)7-4-2-1-3-5-7/h1-5H,6H2/p+1. The first-order valence-corrected chi connectivity index (χ1v) is 6.49. The number of hydrogen-bond donors (Lipinski definition) is 1. The Morgan fingerprint density at radius 2 is 1.77 bits per heavy atom. The smallest absolute Gasteiger partial charge is 0.219 e. The summed E-state index contributed by atoms with van der Waals surface area (Å²) in [6.45, 7) is 0. The molecule has 0 aromatic heterocycles. The molecule has 0 saturated heterocycles. The van der Waals surface area contributed by atoms with Gasteiger partial charge in [0.2, 0.25) is 9.84 Å². The maximum Gasteiger partial charge on any atom is 0.522 e. The molecule has 0 aliphatic rings. The minimum absolute atomic E-state index is 0.0763. The molecular formula is C7H8O4PS+. The van der Waals surface area contributed by atoms with E-state index in [9.17, 15) is 13.0 Å². The average Bonchev–Trinajstić information content (AvgIpc) is 2.04. The van der Waals surface area contributed by atoms with E-state index in [1.165, 1.54) is 12.1 Å². The maximum absolute atomic E-state index is 11.3. The highest BCUT2D eigenvalue weighted by molar-refractivity contribution is 7.96. The van der Waals surface area contributed by atoms with Crippen LogP contribution in [-0.4, -0.2) is 18.8 Å². The minimum Gasteiger partial charge on any atom is -0.219 e. The average molecular weight is 219 g/mol. The molecule has 70 valence electrons. The van der Waals surface area contributed by atoms with Crippen LogP contribution < -0.4 is 0 Å². The first-order chi connectivity index (χ1) is 6.02. The van der Waals surface area contributed by atoms with E-state index in [1.54, 1.807) is 18.2 Å². The monoisotopic (exact) mass is 219 g/mol. The van der Waals surface area contributed by atoms with Crippen molar-refractivity contribution in [2.24, 2.45) is 0 Å². The molecule has 4 nitrogen and oxygen atoms in total. The summed E-state index contributed by atoms with van der Waals surface area (Å²) >= 11 is 0. The van der Waals surface area contributed by atoms with Crippen LogP contribution in [0, 0.1) is 0 Å². The summed E-state index contributed by atoms with van der Waals surface area (Å²) in [5.41, 5.74) is -0.716. The van der Waals surface area contributed by atoms with Crippen LogP contribution in [0.3, 0.4) is 0 Å². The summed E-state index contributed by atoms with van der Waals surface area (Å²) in [6.07, 6.45) is 0. The lowest BCUT2D eigenvalue weighted by atomic mass is 10.4. The lowest BCUT2D eigenvalue weighted by Gasteiger charge is -1.95. The van der Waals surface area contributed by atoms with Crippen LogP contribution in [0.1, 0.15) is 0 Å². The van der Waals surface area contributed by atoms with Gasteiger partial charge in [-0.2, -0.15) is 4.89 Å². The molecule has 0 saturated carbocycles. The second kappa shape index (κ2) is 3.96. The number of rotatable bonds is 3. The highest BCUT2D eigenvalue weighted by atomic mass is 32.2. The van der Waals surface area contributed by atoms with Crippen molar-refractivity contribution in [3.63, 3.8) is 0 Å². The quantitative estimate of drug-likeness (QED) is 0.774. The summed E-state index contributed by atoms with van der Waals surface area (Å²) in [6, 6.07) is 7.61. The van der Waals surface area contributed by atoms with Crippen molar-refractivity contribution < 1.29 is 17.9 Å². The van der Waals surface area contributed by atoms with Crippen LogP contribution >= 0.6 is 8.03 Å². The van der Waals surface area contributed by atoms with E-state index in [4.69, 9.17) is 4.89 Å². The molecule has 6 heteroatoms. The molecule has 0 radical (unpaired) electrons. The number of benzene rings is 1. The molecule has 0 bridgehead atoms. The van der Waals surface area contributed by atoms with E-state index in [0.717, 1.165) is 0 Å². The lowest BCUT2D eigenvalue weighted by molar-refractivity contribution is 0.506. The fraction of sp³-hybridized carbons (Fsp3) is 0.143. The molecular weight excluding hydrogens is 211 g/mol. The minimum atomic E-state index is -3.59. The van der Waals surface area contributed by atoms with Crippen LogP contribution in [0.2, 0.25) is 0 Å². The third-order valence-corrected chi connectivity index (χ3v) is 4.62. The normalized spacial score (nSPS) is 12.5. The third-order valence-electron chi connectivity index (χ3n) is 1.38. The highest BCUT2D eigenvalue weighted by Crippen LogP contribution is 2.21. The van der Waals surface area contributed by atoms with Gasteiger partial charge in [0.1, 0.15) is 0 Å². The molecule has 0 fully saturated rings. The Kier molecular flexibility index (Phi) is 3.14. The molecule has 0 heterocycles. The zero-order chi connectivity index (χ0) is 9.90. The molecule has 0 spiro atoms. The van der Waals surface area contributed by atoms with E-state index < -0.39 is 23.4 Å². The number of sulfone groups is 1.